The summed E-state index contributed by atoms with van der Waals surface area (Å²) in [5.74, 6) is 1.30. The molecule has 5 rings (SSSR count). The SMILES string of the molecule is COc1ccc2c(c1)C(c1ccc(Cl)cc1)=NC(CC(=O)NCCCNC(=O)c1cccc(B(O)O)c1)c1nnc(C)n1-2. The molecular formula is C30H30BClN6O5. The van der Waals surface area contributed by atoms with Gasteiger partial charge in [-0.15, -0.1) is 10.2 Å². The zero-order chi connectivity index (χ0) is 30.5. The molecule has 1 aliphatic rings. The topological polar surface area (TPSA) is 151 Å². The van der Waals surface area contributed by atoms with Crippen LogP contribution in [0.1, 0.15) is 52.0 Å². The minimum absolute atomic E-state index is 0.0307. The van der Waals surface area contributed by atoms with Crippen molar-refractivity contribution in [2.45, 2.75) is 25.8 Å². The third-order valence-corrected chi connectivity index (χ3v) is 7.29. The maximum absolute atomic E-state index is 13.1. The Bertz CT molecular complexity index is 1670. The Kier molecular flexibility index (Phi) is 9.20. The van der Waals surface area contributed by atoms with Gasteiger partial charge in [0.25, 0.3) is 5.91 Å². The lowest BCUT2D eigenvalue weighted by Crippen LogP contribution is -2.33. The van der Waals surface area contributed by atoms with E-state index in [2.05, 4.69) is 20.8 Å². The van der Waals surface area contributed by atoms with Gasteiger partial charge in [-0.05, 0) is 61.3 Å². The molecule has 0 fully saturated rings. The standard InChI is InChI=1S/C30H30BClN6O5/c1-18-36-37-29-25(17-27(39)33-13-4-14-34-30(40)20-5-3-6-21(15-20)31(41)42)35-28(19-7-9-22(32)10-8-19)24-16-23(43-2)11-12-26(24)38(18)29/h3,5-12,15-16,25,41-42H,4,13-14,17H2,1-2H3,(H,33,39)(H,34,40). The van der Waals surface area contributed by atoms with Gasteiger partial charge in [-0.2, -0.15) is 0 Å². The number of hydrogen-bond donors (Lipinski definition) is 4. The van der Waals surface area contributed by atoms with Crippen molar-refractivity contribution in [2.75, 3.05) is 20.2 Å². The second-order valence-corrected chi connectivity index (χ2v) is 10.4. The predicted molar refractivity (Wildman–Crippen MR) is 163 cm³/mol. The normalized spacial score (nSPS) is 13.7. The molecule has 2 heterocycles. The molecule has 11 nitrogen and oxygen atoms in total. The molecule has 1 aliphatic heterocycles. The molecule has 43 heavy (non-hydrogen) atoms. The molecule has 0 bridgehead atoms. The zero-order valence-electron chi connectivity index (χ0n) is 23.6. The van der Waals surface area contributed by atoms with Gasteiger partial charge in [0, 0.05) is 34.8 Å². The highest BCUT2D eigenvalue weighted by Gasteiger charge is 2.30. The first-order valence-corrected chi connectivity index (χ1v) is 14.1. The largest absolute Gasteiger partial charge is 0.497 e. The highest BCUT2D eigenvalue weighted by molar-refractivity contribution is 6.58. The number of nitrogens with zero attached hydrogens (tertiary/aromatic N) is 4. The van der Waals surface area contributed by atoms with Gasteiger partial charge in [0.15, 0.2) is 5.82 Å². The number of halogens is 1. The lowest BCUT2D eigenvalue weighted by molar-refractivity contribution is -0.121. The van der Waals surface area contributed by atoms with Crippen molar-refractivity contribution in [1.82, 2.24) is 25.4 Å². The second kappa shape index (κ2) is 13.2. The Balaban J connectivity index is 1.29. The van der Waals surface area contributed by atoms with Gasteiger partial charge >= 0.3 is 7.12 Å². The number of methoxy groups -OCH3 is 1. The summed E-state index contributed by atoms with van der Waals surface area (Å²) in [4.78, 5) is 30.6. The third-order valence-electron chi connectivity index (χ3n) is 7.04. The van der Waals surface area contributed by atoms with Gasteiger partial charge < -0.3 is 25.4 Å². The second-order valence-electron chi connectivity index (χ2n) is 9.99. The minimum atomic E-state index is -1.65. The summed E-state index contributed by atoms with van der Waals surface area (Å²) >= 11 is 6.16. The van der Waals surface area contributed by atoms with E-state index >= 15 is 0 Å². The lowest BCUT2D eigenvalue weighted by atomic mass is 9.79. The highest BCUT2D eigenvalue weighted by Crippen LogP contribution is 2.34. The van der Waals surface area contributed by atoms with Crippen LogP contribution in [0.4, 0.5) is 0 Å². The molecule has 1 aromatic heterocycles. The number of carbonyl (C=O) groups excluding carboxylic acids is 2. The van der Waals surface area contributed by atoms with E-state index < -0.39 is 13.2 Å². The summed E-state index contributed by atoms with van der Waals surface area (Å²) in [7, 11) is -0.0521. The molecule has 3 aromatic carbocycles. The first-order chi connectivity index (χ1) is 20.7. The van der Waals surface area contributed by atoms with Crippen molar-refractivity contribution in [3.8, 4) is 11.4 Å². The molecule has 1 unspecified atom stereocenters. The fourth-order valence-electron chi connectivity index (χ4n) is 4.89. The first kappa shape index (κ1) is 30.0. The van der Waals surface area contributed by atoms with Crippen LogP contribution in [0.2, 0.25) is 5.02 Å². The van der Waals surface area contributed by atoms with Crippen molar-refractivity contribution in [1.29, 1.82) is 0 Å². The summed E-state index contributed by atoms with van der Waals surface area (Å²) in [6.07, 6.45) is 0.521. The Labute approximate surface area is 253 Å². The molecule has 0 saturated carbocycles. The molecule has 0 spiro atoms. The van der Waals surface area contributed by atoms with Crippen molar-refractivity contribution < 1.29 is 24.4 Å². The van der Waals surface area contributed by atoms with Crippen molar-refractivity contribution >= 4 is 41.7 Å². The van der Waals surface area contributed by atoms with Crippen LogP contribution in [0.15, 0.2) is 71.7 Å². The van der Waals surface area contributed by atoms with Crippen LogP contribution in [-0.4, -0.2) is 69.7 Å². The molecule has 2 amide bonds. The number of aliphatic imine (C=N–C) groups is 1. The number of fused-ring (bicyclic) bond motifs is 3. The quantitative estimate of drug-likeness (QED) is 0.161. The van der Waals surface area contributed by atoms with Crippen LogP contribution in [0.25, 0.3) is 5.69 Å². The summed E-state index contributed by atoms with van der Waals surface area (Å²) < 4.78 is 7.42. The Morgan fingerprint density at radius 3 is 2.53 bits per heavy atom. The van der Waals surface area contributed by atoms with E-state index in [0.29, 0.717) is 53.2 Å². The van der Waals surface area contributed by atoms with E-state index in [9.17, 15) is 19.6 Å². The number of ether oxygens (including phenoxy) is 1. The van der Waals surface area contributed by atoms with Crippen molar-refractivity contribution in [3.05, 3.63) is 100 Å². The Hall–Kier alpha value is -4.52. The molecule has 13 heteroatoms. The predicted octanol–water partition coefficient (Wildman–Crippen LogP) is 2.14. The average Bonchev–Trinajstić information content (AvgIpc) is 3.33. The molecular weight excluding hydrogens is 571 g/mol. The van der Waals surface area contributed by atoms with Crippen LogP contribution in [-0.2, 0) is 4.79 Å². The van der Waals surface area contributed by atoms with E-state index in [1.165, 1.54) is 12.1 Å². The molecule has 220 valence electrons. The monoisotopic (exact) mass is 600 g/mol. The zero-order valence-corrected chi connectivity index (χ0v) is 24.4. The van der Waals surface area contributed by atoms with Crippen LogP contribution in [0.5, 0.6) is 5.75 Å². The van der Waals surface area contributed by atoms with Gasteiger partial charge in [-0.1, -0.05) is 35.9 Å². The first-order valence-electron chi connectivity index (χ1n) is 13.7. The molecule has 0 radical (unpaired) electrons. The number of rotatable bonds is 10. The summed E-state index contributed by atoms with van der Waals surface area (Å²) in [5, 5.41) is 33.6. The number of carbonyl (C=O) groups is 2. The summed E-state index contributed by atoms with van der Waals surface area (Å²) in [5.41, 5.74) is 3.68. The number of nitrogens with one attached hydrogen (secondary N) is 2. The maximum Gasteiger partial charge on any atom is 0.488 e. The number of aryl methyl sites for hydroxylation is 1. The summed E-state index contributed by atoms with van der Waals surface area (Å²) in [6.45, 7) is 2.50. The fraction of sp³-hybridized carbons (Fsp3) is 0.233. The van der Waals surface area contributed by atoms with Gasteiger partial charge in [-0.3, -0.25) is 19.1 Å². The smallest absolute Gasteiger partial charge is 0.488 e. The van der Waals surface area contributed by atoms with Crippen LogP contribution < -0.4 is 20.8 Å². The molecule has 1 atom stereocenters. The van der Waals surface area contributed by atoms with Crippen molar-refractivity contribution in [3.63, 3.8) is 0 Å². The maximum atomic E-state index is 13.1. The molecule has 4 N–H and O–H groups in total. The van der Waals surface area contributed by atoms with Crippen LogP contribution >= 0.6 is 11.6 Å². The third kappa shape index (κ3) is 6.77. The van der Waals surface area contributed by atoms with Gasteiger partial charge in [0.05, 0.1) is 24.9 Å². The highest BCUT2D eigenvalue weighted by atomic mass is 35.5. The number of aromatic nitrogens is 3. The minimum Gasteiger partial charge on any atom is -0.497 e. The van der Waals surface area contributed by atoms with Gasteiger partial charge in [-0.25, -0.2) is 0 Å². The lowest BCUT2D eigenvalue weighted by Gasteiger charge is -2.14. The van der Waals surface area contributed by atoms with E-state index in [0.717, 1.165) is 16.8 Å². The van der Waals surface area contributed by atoms with E-state index in [4.69, 9.17) is 21.3 Å². The molecule has 4 aromatic rings. The fourth-order valence-corrected chi connectivity index (χ4v) is 5.01. The van der Waals surface area contributed by atoms with Crippen molar-refractivity contribution in [2.24, 2.45) is 4.99 Å². The molecule has 0 aliphatic carbocycles. The van der Waals surface area contributed by atoms with Crippen LogP contribution in [0, 0.1) is 6.92 Å². The molecule has 0 saturated heterocycles. The van der Waals surface area contributed by atoms with E-state index in [1.54, 1.807) is 31.4 Å². The van der Waals surface area contributed by atoms with E-state index in [-0.39, 0.29) is 23.7 Å². The van der Waals surface area contributed by atoms with Crippen LogP contribution in [0.3, 0.4) is 0 Å². The van der Waals surface area contributed by atoms with Gasteiger partial charge in [0.1, 0.15) is 17.6 Å². The number of benzene rings is 3. The average molecular weight is 601 g/mol. The number of hydrogen-bond acceptors (Lipinski definition) is 8. The summed E-state index contributed by atoms with van der Waals surface area (Å²) in [6, 6.07) is 18.5. The Morgan fingerprint density at radius 2 is 1.79 bits per heavy atom. The number of amides is 2. The van der Waals surface area contributed by atoms with E-state index in [1.807, 2.05) is 41.8 Å². The Morgan fingerprint density at radius 1 is 1.02 bits per heavy atom. The van der Waals surface area contributed by atoms with Gasteiger partial charge in [0.2, 0.25) is 5.91 Å².